The van der Waals surface area contributed by atoms with Crippen molar-refractivity contribution in [3.05, 3.63) is 64.1 Å². The van der Waals surface area contributed by atoms with Gasteiger partial charge in [0, 0.05) is 12.1 Å². The van der Waals surface area contributed by atoms with Crippen LogP contribution in [-0.2, 0) is 6.54 Å². The zero-order chi connectivity index (χ0) is 19.6. The quantitative estimate of drug-likeness (QED) is 0.742. The molecule has 0 unspecified atom stereocenters. The summed E-state index contributed by atoms with van der Waals surface area (Å²) in [6.07, 6.45) is 0. The second-order valence-corrected chi connectivity index (χ2v) is 5.78. The van der Waals surface area contributed by atoms with Crippen molar-refractivity contribution in [2.45, 2.75) is 27.0 Å². The second-order valence-electron chi connectivity index (χ2n) is 5.78. The lowest BCUT2D eigenvalue weighted by molar-refractivity contribution is -0.0493. The number of benzene rings is 2. The molecule has 0 bridgehead atoms. The Labute approximate surface area is 153 Å². The predicted octanol–water partition coefficient (Wildman–Crippen LogP) is 3.58. The summed E-state index contributed by atoms with van der Waals surface area (Å²) in [5.41, 5.74) is 1.68. The molecule has 2 aromatic carbocycles. The number of hydrogen-bond acceptors (Lipinski definition) is 4. The predicted molar refractivity (Wildman–Crippen MR) is 97.4 cm³/mol. The number of nitrogens with zero attached hydrogens (tertiary/aromatic N) is 2. The molecule has 140 valence electrons. The fourth-order valence-electron chi connectivity index (χ4n) is 2.79. The number of fused-ring (bicyclic) bond motifs is 1. The van der Waals surface area contributed by atoms with E-state index in [0.717, 1.165) is 0 Å². The molecular formula is C19H17F2N3O3. The smallest absolute Gasteiger partial charge is 0.387 e. The van der Waals surface area contributed by atoms with Gasteiger partial charge in [0.25, 0.3) is 11.5 Å². The van der Waals surface area contributed by atoms with Gasteiger partial charge in [-0.15, -0.1) is 0 Å². The van der Waals surface area contributed by atoms with Crippen molar-refractivity contribution in [3.63, 3.8) is 0 Å². The molecule has 0 aliphatic rings. The Kier molecular flexibility index (Phi) is 5.16. The first-order valence-electron chi connectivity index (χ1n) is 8.27. The Hall–Kier alpha value is -3.29. The van der Waals surface area contributed by atoms with Crippen LogP contribution in [0.25, 0.3) is 11.0 Å². The molecule has 0 fully saturated rings. The average molecular weight is 373 g/mol. The minimum Gasteiger partial charge on any atom is -0.433 e. The molecule has 0 radical (unpaired) electrons. The summed E-state index contributed by atoms with van der Waals surface area (Å²) in [5.74, 6) is -0.633. The van der Waals surface area contributed by atoms with Gasteiger partial charge in [0.1, 0.15) is 11.4 Å². The first-order valence-corrected chi connectivity index (χ1v) is 8.27. The topological polar surface area (TPSA) is 73.2 Å². The number of ether oxygens (including phenoxy) is 1. The molecule has 8 heteroatoms. The van der Waals surface area contributed by atoms with E-state index in [1.165, 1.54) is 18.2 Å². The molecule has 3 rings (SSSR count). The summed E-state index contributed by atoms with van der Waals surface area (Å²) < 4.78 is 31.0. The maximum absolute atomic E-state index is 12.6. The number of halogens is 2. The fraction of sp³-hybridized carbons (Fsp3) is 0.211. The lowest BCUT2D eigenvalue weighted by atomic mass is 10.1. The number of amides is 1. The Balaban J connectivity index is 1.96. The number of nitrogens with one attached hydrogen (secondary N) is 1. The van der Waals surface area contributed by atoms with Crippen LogP contribution in [0.3, 0.4) is 0 Å². The summed E-state index contributed by atoms with van der Waals surface area (Å²) >= 11 is 0. The van der Waals surface area contributed by atoms with Crippen LogP contribution < -0.4 is 15.6 Å². The molecule has 0 atom stereocenters. The number of aromatic nitrogens is 2. The van der Waals surface area contributed by atoms with E-state index in [9.17, 15) is 18.4 Å². The maximum Gasteiger partial charge on any atom is 0.387 e. The molecule has 0 aliphatic carbocycles. The third-order valence-corrected chi connectivity index (χ3v) is 4.04. The van der Waals surface area contributed by atoms with Crippen LogP contribution in [0.1, 0.15) is 23.0 Å². The second kappa shape index (κ2) is 7.53. The lowest BCUT2D eigenvalue weighted by Crippen LogP contribution is -2.23. The molecule has 0 aliphatic heterocycles. The van der Waals surface area contributed by atoms with Crippen LogP contribution in [0, 0.1) is 6.92 Å². The van der Waals surface area contributed by atoms with Crippen molar-refractivity contribution in [1.82, 2.24) is 9.55 Å². The number of anilines is 1. The number of carbonyl (C=O) groups is 1. The van der Waals surface area contributed by atoms with Crippen molar-refractivity contribution in [2.75, 3.05) is 5.32 Å². The highest BCUT2D eigenvalue weighted by Crippen LogP contribution is 2.26. The zero-order valence-corrected chi connectivity index (χ0v) is 14.7. The van der Waals surface area contributed by atoms with E-state index in [4.69, 9.17) is 0 Å². The van der Waals surface area contributed by atoms with Crippen LogP contribution >= 0.6 is 0 Å². The Morgan fingerprint density at radius 3 is 2.70 bits per heavy atom. The van der Waals surface area contributed by atoms with E-state index in [-0.39, 0.29) is 22.6 Å². The summed E-state index contributed by atoms with van der Waals surface area (Å²) in [4.78, 5) is 29.0. The minimum absolute atomic E-state index is 0.129. The van der Waals surface area contributed by atoms with E-state index in [1.54, 1.807) is 35.8 Å². The summed E-state index contributed by atoms with van der Waals surface area (Å²) in [6, 6.07) is 10.7. The maximum atomic E-state index is 12.6. The fourth-order valence-corrected chi connectivity index (χ4v) is 2.79. The molecular weight excluding hydrogens is 356 g/mol. The van der Waals surface area contributed by atoms with E-state index in [0.29, 0.717) is 23.3 Å². The number of para-hydroxylation sites is 2. The molecule has 3 aromatic rings. The summed E-state index contributed by atoms with van der Waals surface area (Å²) in [6.45, 7) is 0.934. The molecule has 27 heavy (non-hydrogen) atoms. The Morgan fingerprint density at radius 1 is 1.26 bits per heavy atom. The number of rotatable bonds is 5. The summed E-state index contributed by atoms with van der Waals surface area (Å²) in [5, 5.41) is 2.56. The lowest BCUT2D eigenvalue weighted by Gasteiger charge is -2.13. The standard InChI is InChI=1S/C19H17F2N3O3/c1-3-24-15-9-8-12(10-14(15)22-11(2)18(24)26)17(25)23-13-6-4-5-7-16(13)27-19(20)21/h4-10,19H,3H2,1-2H3,(H,23,25). The molecule has 0 saturated carbocycles. The van der Waals surface area contributed by atoms with Crippen molar-refractivity contribution in [3.8, 4) is 5.75 Å². The van der Waals surface area contributed by atoms with Crippen LogP contribution in [0.4, 0.5) is 14.5 Å². The van der Waals surface area contributed by atoms with Gasteiger partial charge in [-0.3, -0.25) is 9.59 Å². The average Bonchev–Trinajstić information content (AvgIpc) is 2.63. The molecule has 1 aromatic heterocycles. The first kappa shape index (κ1) is 18.5. The third-order valence-electron chi connectivity index (χ3n) is 4.04. The van der Waals surface area contributed by atoms with Crippen molar-refractivity contribution >= 4 is 22.6 Å². The molecule has 1 N–H and O–H groups in total. The van der Waals surface area contributed by atoms with Gasteiger partial charge in [-0.2, -0.15) is 8.78 Å². The van der Waals surface area contributed by atoms with Gasteiger partial charge < -0.3 is 14.6 Å². The van der Waals surface area contributed by atoms with Crippen LogP contribution in [0.5, 0.6) is 5.75 Å². The van der Waals surface area contributed by atoms with Gasteiger partial charge in [0.2, 0.25) is 0 Å². The largest absolute Gasteiger partial charge is 0.433 e. The van der Waals surface area contributed by atoms with E-state index in [1.807, 2.05) is 6.92 Å². The van der Waals surface area contributed by atoms with Gasteiger partial charge in [0.15, 0.2) is 0 Å². The number of alkyl halides is 2. The molecule has 0 saturated heterocycles. The van der Waals surface area contributed by atoms with Crippen molar-refractivity contribution in [2.24, 2.45) is 0 Å². The molecule has 0 spiro atoms. The Morgan fingerprint density at radius 2 is 2.00 bits per heavy atom. The highest BCUT2D eigenvalue weighted by molar-refractivity contribution is 6.06. The van der Waals surface area contributed by atoms with Crippen LogP contribution in [0.15, 0.2) is 47.3 Å². The molecule has 1 heterocycles. The van der Waals surface area contributed by atoms with Gasteiger partial charge in [-0.25, -0.2) is 4.98 Å². The highest BCUT2D eigenvalue weighted by atomic mass is 19.3. The summed E-state index contributed by atoms with van der Waals surface area (Å²) in [7, 11) is 0. The van der Waals surface area contributed by atoms with E-state index < -0.39 is 12.5 Å². The van der Waals surface area contributed by atoms with Gasteiger partial charge >= 0.3 is 6.61 Å². The van der Waals surface area contributed by atoms with Crippen LogP contribution in [0.2, 0.25) is 0 Å². The number of hydrogen-bond donors (Lipinski definition) is 1. The SMILES string of the molecule is CCn1c(=O)c(C)nc2cc(C(=O)Nc3ccccc3OC(F)F)ccc21. The first-order chi connectivity index (χ1) is 12.9. The number of aryl methyl sites for hydroxylation is 2. The third kappa shape index (κ3) is 3.79. The molecule has 6 nitrogen and oxygen atoms in total. The van der Waals surface area contributed by atoms with Crippen LogP contribution in [-0.4, -0.2) is 22.1 Å². The van der Waals surface area contributed by atoms with Gasteiger partial charge in [-0.1, -0.05) is 12.1 Å². The van der Waals surface area contributed by atoms with E-state index in [2.05, 4.69) is 15.0 Å². The molecule has 1 amide bonds. The monoisotopic (exact) mass is 373 g/mol. The highest BCUT2D eigenvalue weighted by Gasteiger charge is 2.14. The Bertz CT molecular complexity index is 1060. The van der Waals surface area contributed by atoms with Gasteiger partial charge in [-0.05, 0) is 44.2 Å². The number of carbonyl (C=O) groups excluding carboxylic acids is 1. The minimum atomic E-state index is -3.00. The van der Waals surface area contributed by atoms with E-state index >= 15 is 0 Å². The van der Waals surface area contributed by atoms with Gasteiger partial charge in [0.05, 0.1) is 16.7 Å². The van der Waals surface area contributed by atoms with Crippen molar-refractivity contribution in [1.29, 1.82) is 0 Å². The zero-order valence-electron chi connectivity index (χ0n) is 14.7. The van der Waals surface area contributed by atoms with Crippen molar-refractivity contribution < 1.29 is 18.3 Å². The normalized spacial score (nSPS) is 11.0.